The van der Waals surface area contributed by atoms with Crippen LogP contribution in [0.1, 0.15) is 6.92 Å². The molecule has 0 spiro atoms. The summed E-state index contributed by atoms with van der Waals surface area (Å²) in [6, 6.07) is 0. The average molecular weight is 309 g/mol. The van der Waals surface area contributed by atoms with Crippen LogP contribution in [0, 0.1) is 0 Å². The summed E-state index contributed by atoms with van der Waals surface area (Å²) in [5.41, 5.74) is 2.18. The van der Waals surface area contributed by atoms with Crippen LogP contribution >= 0.6 is 11.6 Å². The Morgan fingerprint density at radius 1 is 1.05 bits per heavy atom. The van der Waals surface area contributed by atoms with E-state index in [4.69, 9.17) is 16.3 Å². The monoisotopic (exact) mass is 308 g/mol. The predicted molar refractivity (Wildman–Crippen MR) is 83.4 cm³/mol. The molecule has 4 nitrogen and oxygen atoms in total. The van der Waals surface area contributed by atoms with Crippen molar-refractivity contribution in [3.8, 4) is 0 Å². The minimum Gasteiger partial charge on any atom is -0.465 e. The van der Waals surface area contributed by atoms with E-state index in [0.29, 0.717) is 5.57 Å². The van der Waals surface area contributed by atoms with Crippen LogP contribution in [0.2, 0.25) is 0 Å². The number of rotatable bonds is 7. The van der Waals surface area contributed by atoms with Crippen LogP contribution < -0.4 is 0 Å². The molecule has 21 heavy (non-hydrogen) atoms. The first-order chi connectivity index (χ1) is 9.81. The van der Waals surface area contributed by atoms with Crippen LogP contribution in [0.15, 0.2) is 72.1 Å². The zero-order valence-electron chi connectivity index (χ0n) is 12.0. The third kappa shape index (κ3) is 7.74. The van der Waals surface area contributed by atoms with Gasteiger partial charge in [-0.25, -0.2) is 9.59 Å². The van der Waals surface area contributed by atoms with E-state index in [1.165, 1.54) is 36.9 Å². The van der Waals surface area contributed by atoms with Gasteiger partial charge in [-0.3, -0.25) is 0 Å². The Bertz CT molecular complexity index is 551. The molecule has 0 bridgehead atoms. The van der Waals surface area contributed by atoms with Crippen molar-refractivity contribution in [3.63, 3.8) is 0 Å². The maximum Gasteiger partial charge on any atom is 0.343 e. The second-order valence-corrected chi connectivity index (χ2v) is 4.20. The van der Waals surface area contributed by atoms with Crippen molar-refractivity contribution in [1.82, 2.24) is 0 Å². The highest BCUT2D eigenvalue weighted by Gasteiger charge is 2.09. The van der Waals surface area contributed by atoms with E-state index >= 15 is 0 Å². The van der Waals surface area contributed by atoms with E-state index in [2.05, 4.69) is 24.5 Å². The zero-order chi connectivity index (χ0) is 16.4. The first kappa shape index (κ1) is 18.7. The molecule has 0 aliphatic carbocycles. The molecule has 5 heteroatoms. The topological polar surface area (TPSA) is 52.6 Å². The zero-order valence-corrected chi connectivity index (χ0v) is 12.8. The highest BCUT2D eigenvalue weighted by Crippen LogP contribution is 2.10. The van der Waals surface area contributed by atoms with Gasteiger partial charge in [0.1, 0.15) is 5.76 Å². The molecule has 0 aliphatic heterocycles. The molecule has 0 aromatic carbocycles. The number of allylic oxidation sites excluding steroid dienone is 3. The molecule has 0 saturated heterocycles. The Morgan fingerprint density at radius 3 is 2.14 bits per heavy atom. The molecule has 0 unspecified atom stereocenters. The summed E-state index contributed by atoms with van der Waals surface area (Å²) in [5, 5.41) is 0. The molecule has 0 amide bonds. The van der Waals surface area contributed by atoms with Crippen molar-refractivity contribution < 1.29 is 19.1 Å². The molecule has 0 saturated carbocycles. The van der Waals surface area contributed by atoms with Crippen molar-refractivity contribution in [3.05, 3.63) is 72.1 Å². The summed E-state index contributed by atoms with van der Waals surface area (Å²) in [4.78, 5) is 23.0. The van der Waals surface area contributed by atoms with Crippen molar-refractivity contribution in [1.29, 1.82) is 0 Å². The van der Waals surface area contributed by atoms with Gasteiger partial charge in [0.2, 0.25) is 0 Å². The van der Waals surface area contributed by atoms with Gasteiger partial charge >= 0.3 is 11.9 Å². The Morgan fingerprint density at radius 2 is 1.67 bits per heavy atom. The summed E-state index contributed by atoms with van der Waals surface area (Å²) >= 11 is 5.46. The highest BCUT2D eigenvalue weighted by molar-refractivity contribution is 6.25. The number of carbonyl (C=O) groups is 2. The van der Waals surface area contributed by atoms with Gasteiger partial charge in [-0.1, -0.05) is 36.9 Å². The fourth-order valence-corrected chi connectivity index (χ4v) is 1.25. The first-order valence-corrected chi connectivity index (χ1v) is 6.25. The van der Waals surface area contributed by atoms with Crippen LogP contribution in [0.5, 0.6) is 0 Å². The largest absolute Gasteiger partial charge is 0.465 e. The van der Waals surface area contributed by atoms with Crippen molar-refractivity contribution >= 4 is 23.5 Å². The molecular weight excluding hydrogens is 292 g/mol. The molecular formula is C16H17ClO4. The van der Waals surface area contributed by atoms with Crippen LogP contribution in [-0.4, -0.2) is 19.0 Å². The molecule has 0 aromatic heterocycles. The highest BCUT2D eigenvalue weighted by atomic mass is 35.5. The van der Waals surface area contributed by atoms with E-state index in [9.17, 15) is 9.59 Å². The molecule has 0 N–H and O–H groups in total. The van der Waals surface area contributed by atoms with E-state index in [1.807, 2.05) is 0 Å². The van der Waals surface area contributed by atoms with E-state index in [0.717, 1.165) is 0 Å². The van der Waals surface area contributed by atoms with Crippen molar-refractivity contribution in [2.45, 2.75) is 6.92 Å². The molecule has 0 aliphatic rings. The van der Waals surface area contributed by atoms with E-state index in [-0.39, 0.29) is 16.9 Å². The molecule has 0 radical (unpaired) electrons. The quantitative estimate of drug-likeness (QED) is 0.312. The predicted octanol–water partition coefficient (Wildman–Crippen LogP) is 3.58. The number of esters is 2. The maximum absolute atomic E-state index is 11.9. The molecule has 0 atom stereocenters. The lowest BCUT2D eigenvalue weighted by Crippen LogP contribution is -2.06. The van der Waals surface area contributed by atoms with Crippen molar-refractivity contribution in [2.24, 2.45) is 0 Å². The van der Waals surface area contributed by atoms with E-state index in [1.54, 1.807) is 6.92 Å². The van der Waals surface area contributed by atoms with Gasteiger partial charge in [0.25, 0.3) is 0 Å². The number of carbonyl (C=O) groups excluding carboxylic acids is 2. The maximum atomic E-state index is 11.9. The normalized spacial score (nSPS) is 11.5. The van der Waals surface area contributed by atoms with Crippen LogP contribution in [-0.2, 0) is 19.1 Å². The molecule has 0 aromatic rings. The summed E-state index contributed by atoms with van der Waals surface area (Å²) in [6.45, 7) is 12.4. The first-order valence-electron chi connectivity index (χ1n) is 5.82. The second-order valence-electron chi connectivity index (χ2n) is 3.94. The lowest BCUT2D eigenvalue weighted by molar-refractivity contribution is -0.135. The van der Waals surface area contributed by atoms with Gasteiger partial charge in [-0.05, 0) is 31.2 Å². The fourth-order valence-electron chi connectivity index (χ4n) is 1.11. The Balaban J connectivity index is 4.81. The minimum absolute atomic E-state index is 0.0423. The Kier molecular flexibility index (Phi) is 8.49. The van der Waals surface area contributed by atoms with Crippen LogP contribution in [0.25, 0.3) is 0 Å². The molecule has 0 fully saturated rings. The molecule has 0 rings (SSSR count). The van der Waals surface area contributed by atoms with Crippen LogP contribution in [0.3, 0.4) is 0 Å². The van der Waals surface area contributed by atoms with Crippen molar-refractivity contribution in [2.75, 3.05) is 7.11 Å². The minimum atomic E-state index is -0.645. The summed E-state index contributed by atoms with van der Waals surface area (Å²) in [5.74, 6) is -1.19. The van der Waals surface area contributed by atoms with Crippen LogP contribution in [0.4, 0.5) is 0 Å². The lowest BCUT2D eigenvalue weighted by Gasteiger charge is -2.05. The van der Waals surface area contributed by atoms with Gasteiger partial charge in [-0.15, -0.1) is 0 Å². The number of halogens is 1. The SMILES string of the molecule is C=C(C)/C=C(\C=C\Cl)C(=O)OC(=C)/C=C\C(=C)C(=O)OC. The summed E-state index contributed by atoms with van der Waals surface area (Å²) < 4.78 is 9.47. The summed E-state index contributed by atoms with van der Waals surface area (Å²) in [6.07, 6.45) is 5.56. The number of hydrogen-bond acceptors (Lipinski definition) is 4. The van der Waals surface area contributed by atoms with Gasteiger partial charge in [-0.2, -0.15) is 0 Å². The Labute approximate surface area is 129 Å². The molecule has 112 valence electrons. The number of ether oxygens (including phenoxy) is 2. The standard InChI is InChI=1S/C16H17ClO4/c1-11(2)10-14(8-9-17)16(19)21-13(4)7-6-12(3)15(18)20-5/h6-10H,1,3-4H2,2,5H3/b7-6-,9-8+,14-10+. The van der Waals surface area contributed by atoms with Gasteiger partial charge < -0.3 is 9.47 Å². The summed E-state index contributed by atoms with van der Waals surface area (Å²) in [7, 11) is 1.24. The number of methoxy groups -OCH3 is 1. The molecule has 0 heterocycles. The average Bonchev–Trinajstić information content (AvgIpc) is 2.42. The lowest BCUT2D eigenvalue weighted by atomic mass is 10.2. The van der Waals surface area contributed by atoms with Gasteiger partial charge in [0.15, 0.2) is 0 Å². The van der Waals surface area contributed by atoms with E-state index < -0.39 is 11.9 Å². The Hall–Kier alpha value is -2.33. The van der Waals surface area contributed by atoms with Gasteiger partial charge in [0, 0.05) is 5.54 Å². The second kappa shape index (κ2) is 9.55. The number of hydrogen-bond donors (Lipinski definition) is 0. The fraction of sp³-hybridized carbons (Fsp3) is 0.125. The third-order valence-electron chi connectivity index (χ3n) is 2.02. The third-order valence-corrected chi connectivity index (χ3v) is 2.15. The smallest absolute Gasteiger partial charge is 0.343 e. The van der Waals surface area contributed by atoms with Gasteiger partial charge in [0.05, 0.1) is 18.3 Å².